The Morgan fingerprint density at radius 3 is 2.57 bits per heavy atom. The van der Waals surface area contributed by atoms with Crippen LogP contribution in [-0.4, -0.2) is 19.6 Å². The minimum Gasteiger partial charge on any atom is -0.370 e. The molecule has 0 fully saturated rings. The molecule has 0 heterocycles. The van der Waals surface area contributed by atoms with Crippen LogP contribution < -0.4 is 10.2 Å². The minimum atomic E-state index is 0.330. The van der Waals surface area contributed by atoms with Crippen LogP contribution in [0.1, 0.15) is 45.7 Å². The highest BCUT2D eigenvalue weighted by molar-refractivity contribution is 9.10. The lowest BCUT2D eigenvalue weighted by molar-refractivity contribution is 0.594. The van der Waals surface area contributed by atoms with E-state index < -0.39 is 0 Å². The van der Waals surface area contributed by atoms with Gasteiger partial charge in [-0.15, -0.1) is 0 Å². The van der Waals surface area contributed by atoms with E-state index in [-0.39, 0.29) is 0 Å². The Morgan fingerprint density at radius 1 is 1.33 bits per heavy atom. The fourth-order valence-corrected chi connectivity index (χ4v) is 3.14. The van der Waals surface area contributed by atoms with Crippen molar-refractivity contribution < 1.29 is 0 Å². The minimum absolute atomic E-state index is 0.330. The first kappa shape index (κ1) is 18.0. The van der Waals surface area contributed by atoms with Crippen LogP contribution >= 0.6 is 15.9 Å². The molecule has 0 amide bonds. The summed E-state index contributed by atoms with van der Waals surface area (Å²) in [5.74, 6) is 0.572. The number of hydrogen-bond acceptors (Lipinski definition) is 3. The van der Waals surface area contributed by atoms with Crippen molar-refractivity contribution in [1.29, 1.82) is 5.26 Å². The van der Waals surface area contributed by atoms with Crippen molar-refractivity contribution in [2.75, 3.05) is 24.5 Å². The molecule has 1 aromatic carbocycles. The van der Waals surface area contributed by atoms with Crippen molar-refractivity contribution in [3.05, 3.63) is 28.2 Å². The predicted molar refractivity (Wildman–Crippen MR) is 93.5 cm³/mol. The Balaban J connectivity index is 2.94. The van der Waals surface area contributed by atoms with E-state index in [1.807, 2.05) is 0 Å². The first-order chi connectivity index (χ1) is 9.99. The van der Waals surface area contributed by atoms with Crippen LogP contribution in [0.4, 0.5) is 5.69 Å². The number of benzene rings is 1. The summed E-state index contributed by atoms with van der Waals surface area (Å²) >= 11 is 3.69. The first-order valence-corrected chi connectivity index (χ1v) is 8.43. The molecule has 0 aliphatic heterocycles. The molecule has 1 aromatic rings. The molecule has 3 nitrogen and oxygen atoms in total. The standard InChI is InChI=1S/C17H26BrN3/c1-5-20-14(4)16-8-7-15(11-17(16)18)21(10-6-9-19)12-13(2)3/h7-8,11,13-14,20H,5-6,10,12H2,1-4H3. The van der Waals surface area contributed by atoms with Crippen LogP contribution in [0.15, 0.2) is 22.7 Å². The second-order valence-corrected chi connectivity index (χ2v) is 6.59. The Bertz CT molecular complexity index is 479. The lowest BCUT2D eigenvalue weighted by Gasteiger charge is -2.27. The molecule has 1 atom stereocenters. The molecule has 116 valence electrons. The molecule has 1 unspecified atom stereocenters. The van der Waals surface area contributed by atoms with E-state index in [1.165, 1.54) is 11.3 Å². The Kier molecular flexibility index (Phi) is 7.77. The topological polar surface area (TPSA) is 39.1 Å². The molecular formula is C17H26BrN3. The third-order valence-corrected chi connectivity index (χ3v) is 4.09. The second-order valence-electron chi connectivity index (χ2n) is 5.73. The number of rotatable bonds is 8. The molecule has 0 radical (unpaired) electrons. The maximum absolute atomic E-state index is 8.83. The summed E-state index contributed by atoms with van der Waals surface area (Å²) in [5.41, 5.74) is 2.45. The highest BCUT2D eigenvalue weighted by Crippen LogP contribution is 2.28. The van der Waals surface area contributed by atoms with E-state index >= 15 is 0 Å². The normalized spacial score (nSPS) is 12.2. The number of nitriles is 1. The average Bonchev–Trinajstić information content (AvgIpc) is 2.43. The van der Waals surface area contributed by atoms with Gasteiger partial charge in [0.25, 0.3) is 0 Å². The molecule has 0 bridgehead atoms. The molecule has 0 aliphatic rings. The third-order valence-electron chi connectivity index (χ3n) is 3.41. The van der Waals surface area contributed by atoms with Gasteiger partial charge in [-0.05, 0) is 37.1 Å². The van der Waals surface area contributed by atoms with Gasteiger partial charge in [-0.1, -0.05) is 42.8 Å². The van der Waals surface area contributed by atoms with Gasteiger partial charge in [-0.2, -0.15) is 5.26 Å². The van der Waals surface area contributed by atoms with E-state index in [2.05, 4.69) is 78.1 Å². The molecule has 4 heteroatoms. The lowest BCUT2D eigenvalue weighted by atomic mass is 10.1. The van der Waals surface area contributed by atoms with E-state index in [4.69, 9.17) is 5.26 Å². The van der Waals surface area contributed by atoms with Crippen molar-refractivity contribution in [3.8, 4) is 6.07 Å². The SMILES string of the molecule is CCNC(C)c1ccc(N(CCC#N)CC(C)C)cc1Br. The van der Waals surface area contributed by atoms with E-state index in [0.29, 0.717) is 18.4 Å². The zero-order valence-corrected chi connectivity index (χ0v) is 15.1. The molecule has 0 spiro atoms. The van der Waals surface area contributed by atoms with Crippen LogP contribution in [0.3, 0.4) is 0 Å². The van der Waals surface area contributed by atoms with Gasteiger partial charge < -0.3 is 10.2 Å². The number of anilines is 1. The van der Waals surface area contributed by atoms with Gasteiger partial charge in [-0.25, -0.2) is 0 Å². The molecule has 1 N–H and O–H groups in total. The molecule has 0 aliphatic carbocycles. The summed E-state index contributed by atoms with van der Waals surface area (Å²) in [7, 11) is 0. The average molecular weight is 352 g/mol. The molecular weight excluding hydrogens is 326 g/mol. The molecule has 0 aromatic heterocycles. The second kappa shape index (κ2) is 9.07. The smallest absolute Gasteiger partial charge is 0.0640 e. The quantitative estimate of drug-likeness (QED) is 0.749. The Hall–Kier alpha value is -1.05. The summed E-state index contributed by atoms with van der Waals surface area (Å²) in [6.45, 7) is 11.4. The zero-order valence-electron chi connectivity index (χ0n) is 13.5. The predicted octanol–water partition coefficient (Wildman–Crippen LogP) is 4.50. The van der Waals surface area contributed by atoms with Crippen LogP contribution in [-0.2, 0) is 0 Å². The van der Waals surface area contributed by atoms with Gasteiger partial charge in [0, 0.05) is 29.3 Å². The number of nitrogens with zero attached hydrogens (tertiary/aromatic N) is 2. The van der Waals surface area contributed by atoms with Gasteiger partial charge in [0.15, 0.2) is 0 Å². The first-order valence-electron chi connectivity index (χ1n) is 7.64. The molecule has 0 saturated heterocycles. The molecule has 21 heavy (non-hydrogen) atoms. The molecule has 0 saturated carbocycles. The number of hydrogen-bond donors (Lipinski definition) is 1. The highest BCUT2D eigenvalue weighted by atomic mass is 79.9. The van der Waals surface area contributed by atoms with Gasteiger partial charge >= 0.3 is 0 Å². The maximum atomic E-state index is 8.83. The van der Waals surface area contributed by atoms with Gasteiger partial charge in [-0.3, -0.25) is 0 Å². The monoisotopic (exact) mass is 351 g/mol. The summed E-state index contributed by atoms with van der Waals surface area (Å²) < 4.78 is 1.12. The summed E-state index contributed by atoms with van der Waals surface area (Å²) in [4.78, 5) is 2.29. The van der Waals surface area contributed by atoms with Crippen molar-refractivity contribution in [2.45, 2.75) is 40.2 Å². The van der Waals surface area contributed by atoms with Crippen molar-refractivity contribution in [2.24, 2.45) is 5.92 Å². The van der Waals surface area contributed by atoms with Gasteiger partial charge in [0.2, 0.25) is 0 Å². The Morgan fingerprint density at radius 2 is 2.05 bits per heavy atom. The van der Waals surface area contributed by atoms with E-state index in [0.717, 1.165) is 24.1 Å². The van der Waals surface area contributed by atoms with Crippen molar-refractivity contribution in [1.82, 2.24) is 5.32 Å². The third kappa shape index (κ3) is 5.68. The Labute approximate surface area is 137 Å². The lowest BCUT2D eigenvalue weighted by Crippen LogP contribution is -2.28. The van der Waals surface area contributed by atoms with Crippen molar-refractivity contribution >= 4 is 21.6 Å². The van der Waals surface area contributed by atoms with Crippen molar-refractivity contribution in [3.63, 3.8) is 0 Å². The maximum Gasteiger partial charge on any atom is 0.0640 e. The van der Waals surface area contributed by atoms with E-state index in [1.54, 1.807) is 0 Å². The zero-order chi connectivity index (χ0) is 15.8. The largest absolute Gasteiger partial charge is 0.370 e. The highest BCUT2D eigenvalue weighted by Gasteiger charge is 2.13. The number of halogens is 1. The van der Waals surface area contributed by atoms with Gasteiger partial charge in [0.05, 0.1) is 12.5 Å². The summed E-state index contributed by atoms with van der Waals surface area (Å²) in [6.07, 6.45) is 0.555. The summed E-state index contributed by atoms with van der Waals surface area (Å²) in [6, 6.07) is 9.07. The fraction of sp³-hybridized carbons (Fsp3) is 0.588. The fourth-order valence-electron chi connectivity index (χ4n) is 2.43. The summed E-state index contributed by atoms with van der Waals surface area (Å²) in [5, 5.41) is 12.3. The molecule has 1 rings (SSSR count). The van der Waals surface area contributed by atoms with Crippen LogP contribution in [0.2, 0.25) is 0 Å². The van der Waals surface area contributed by atoms with Gasteiger partial charge in [0.1, 0.15) is 0 Å². The van der Waals surface area contributed by atoms with Crippen LogP contribution in [0.5, 0.6) is 0 Å². The van der Waals surface area contributed by atoms with E-state index in [9.17, 15) is 0 Å². The number of nitrogens with one attached hydrogen (secondary N) is 1. The van der Waals surface area contributed by atoms with Crippen LogP contribution in [0, 0.1) is 17.2 Å². The van der Waals surface area contributed by atoms with Crippen LogP contribution in [0.25, 0.3) is 0 Å².